The molecule has 0 aromatic heterocycles. The molecule has 0 radical (unpaired) electrons. The first kappa shape index (κ1) is 11.5. The Morgan fingerprint density at radius 1 is 1.33 bits per heavy atom. The highest BCUT2D eigenvalue weighted by Crippen LogP contribution is 2.37. The second-order valence-corrected chi connectivity index (χ2v) is 5.75. The number of halogens is 2. The fourth-order valence-corrected chi connectivity index (χ4v) is 2.77. The minimum atomic E-state index is 0.424. The number of hydrogen-bond acceptors (Lipinski definition) is 0. The monoisotopic (exact) mass is 286 g/mol. The Labute approximate surface area is 105 Å². The van der Waals surface area contributed by atoms with Crippen molar-refractivity contribution in [3.63, 3.8) is 0 Å². The van der Waals surface area contributed by atoms with Crippen LogP contribution in [0.25, 0.3) is 0 Å². The van der Waals surface area contributed by atoms with E-state index in [1.807, 2.05) is 0 Å². The van der Waals surface area contributed by atoms with Crippen LogP contribution in [-0.4, -0.2) is 5.38 Å². The van der Waals surface area contributed by atoms with Crippen molar-refractivity contribution >= 4 is 27.5 Å². The highest BCUT2D eigenvalue weighted by Gasteiger charge is 2.28. The normalized spacial score (nSPS) is 17.7. The van der Waals surface area contributed by atoms with Crippen molar-refractivity contribution in [1.82, 2.24) is 0 Å². The molecule has 0 N–H and O–H groups in total. The first-order chi connectivity index (χ1) is 7.27. The molecule has 1 atom stereocenters. The smallest absolute Gasteiger partial charge is 0.0364 e. The van der Waals surface area contributed by atoms with Crippen molar-refractivity contribution in [2.45, 2.75) is 37.5 Å². The number of hydrogen-bond donors (Lipinski definition) is 0. The molecule has 0 amide bonds. The maximum atomic E-state index is 6.27. The Balaban J connectivity index is 1.75. The van der Waals surface area contributed by atoms with Crippen LogP contribution in [0, 0.1) is 5.92 Å². The van der Waals surface area contributed by atoms with Gasteiger partial charge >= 0.3 is 0 Å². The van der Waals surface area contributed by atoms with Crippen LogP contribution in [0.4, 0.5) is 0 Å². The summed E-state index contributed by atoms with van der Waals surface area (Å²) in [5, 5.41) is 0.424. The maximum Gasteiger partial charge on any atom is 0.0364 e. The molecule has 1 aromatic carbocycles. The van der Waals surface area contributed by atoms with E-state index < -0.39 is 0 Å². The lowest BCUT2D eigenvalue weighted by atomic mass is 10.1. The highest BCUT2D eigenvalue weighted by molar-refractivity contribution is 9.10. The lowest BCUT2D eigenvalue weighted by molar-refractivity contribution is 0.637. The lowest BCUT2D eigenvalue weighted by Crippen LogP contribution is -2.01. The van der Waals surface area contributed by atoms with E-state index in [-0.39, 0.29) is 0 Å². The molecule has 2 heteroatoms. The Kier molecular flexibility index (Phi) is 4.10. The summed E-state index contributed by atoms with van der Waals surface area (Å²) in [5.74, 6) is 0.825. The largest absolute Gasteiger partial charge is 0.123 e. The van der Waals surface area contributed by atoms with E-state index in [1.165, 1.54) is 29.3 Å². The average molecular weight is 288 g/mol. The Hall–Kier alpha value is -0.0100. The Bertz CT molecular complexity index is 320. The fourth-order valence-electron chi connectivity index (χ4n) is 1.88. The van der Waals surface area contributed by atoms with E-state index in [9.17, 15) is 0 Å². The van der Waals surface area contributed by atoms with Crippen molar-refractivity contribution < 1.29 is 0 Å². The van der Waals surface area contributed by atoms with Gasteiger partial charge < -0.3 is 0 Å². The Morgan fingerprint density at radius 3 is 2.73 bits per heavy atom. The molecule has 0 heterocycles. The van der Waals surface area contributed by atoms with Crippen LogP contribution in [0.5, 0.6) is 0 Å². The topological polar surface area (TPSA) is 0 Å². The molecule has 2 rings (SSSR count). The van der Waals surface area contributed by atoms with Crippen molar-refractivity contribution in [3.8, 4) is 0 Å². The van der Waals surface area contributed by atoms with E-state index in [2.05, 4.69) is 40.2 Å². The molecule has 1 fully saturated rings. The predicted molar refractivity (Wildman–Crippen MR) is 69.4 cm³/mol. The van der Waals surface area contributed by atoms with Crippen molar-refractivity contribution in [2.24, 2.45) is 5.92 Å². The van der Waals surface area contributed by atoms with Crippen LogP contribution < -0.4 is 0 Å². The lowest BCUT2D eigenvalue weighted by Gasteiger charge is -2.08. The minimum Gasteiger partial charge on any atom is -0.123 e. The number of aryl methyl sites for hydroxylation is 1. The summed E-state index contributed by atoms with van der Waals surface area (Å²) in [6.45, 7) is 0. The molecule has 1 aliphatic rings. The van der Waals surface area contributed by atoms with Gasteiger partial charge in [-0.1, -0.05) is 34.1 Å². The third-order valence-corrected chi connectivity index (χ3v) is 4.37. The molecule has 1 aliphatic carbocycles. The number of rotatable bonds is 5. The zero-order valence-corrected chi connectivity index (χ0v) is 11.1. The Morgan fingerprint density at radius 2 is 2.07 bits per heavy atom. The molecule has 15 heavy (non-hydrogen) atoms. The van der Waals surface area contributed by atoms with Gasteiger partial charge in [0.15, 0.2) is 0 Å². The van der Waals surface area contributed by atoms with E-state index in [1.54, 1.807) is 0 Å². The molecule has 0 bridgehead atoms. The van der Waals surface area contributed by atoms with E-state index in [0.29, 0.717) is 5.38 Å². The highest BCUT2D eigenvalue weighted by atomic mass is 79.9. The molecule has 82 valence electrons. The van der Waals surface area contributed by atoms with Gasteiger partial charge in [-0.05, 0) is 49.7 Å². The van der Waals surface area contributed by atoms with Gasteiger partial charge in [-0.3, -0.25) is 0 Å². The predicted octanol–water partition coefficient (Wildman–Crippen LogP) is 4.79. The van der Waals surface area contributed by atoms with E-state index in [4.69, 9.17) is 11.6 Å². The van der Waals surface area contributed by atoms with Gasteiger partial charge in [-0.15, -0.1) is 11.6 Å². The SMILES string of the molecule is ClC(CCCc1ccccc1Br)C1CC1. The summed E-state index contributed by atoms with van der Waals surface area (Å²) in [5.41, 5.74) is 1.40. The van der Waals surface area contributed by atoms with Crippen LogP contribution in [0.1, 0.15) is 31.2 Å². The second kappa shape index (κ2) is 5.36. The quantitative estimate of drug-likeness (QED) is 0.683. The summed E-state index contributed by atoms with van der Waals surface area (Å²) in [7, 11) is 0. The molecule has 0 nitrogen and oxygen atoms in total. The summed E-state index contributed by atoms with van der Waals surface area (Å²) in [6.07, 6.45) is 6.20. The van der Waals surface area contributed by atoms with Gasteiger partial charge in [0, 0.05) is 9.85 Å². The molecule has 0 spiro atoms. The van der Waals surface area contributed by atoms with Crippen molar-refractivity contribution in [1.29, 1.82) is 0 Å². The zero-order chi connectivity index (χ0) is 10.7. The van der Waals surface area contributed by atoms with Crippen LogP contribution >= 0.6 is 27.5 Å². The fraction of sp³-hybridized carbons (Fsp3) is 0.538. The molecular formula is C13H16BrCl. The van der Waals surface area contributed by atoms with Gasteiger partial charge in [0.1, 0.15) is 0 Å². The van der Waals surface area contributed by atoms with E-state index >= 15 is 0 Å². The molecule has 1 aromatic rings. The molecule has 0 saturated heterocycles. The van der Waals surface area contributed by atoms with Gasteiger partial charge in [-0.25, -0.2) is 0 Å². The van der Waals surface area contributed by atoms with E-state index in [0.717, 1.165) is 18.8 Å². The molecular weight excluding hydrogens is 272 g/mol. The minimum absolute atomic E-state index is 0.424. The summed E-state index contributed by atoms with van der Waals surface area (Å²) >= 11 is 9.84. The van der Waals surface area contributed by atoms with Crippen LogP contribution in [0.15, 0.2) is 28.7 Å². The first-order valence-electron chi connectivity index (χ1n) is 5.65. The second-order valence-electron chi connectivity index (χ2n) is 4.34. The van der Waals surface area contributed by atoms with Crippen LogP contribution in [0.3, 0.4) is 0 Å². The first-order valence-corrected chi connectivity index (χ1v) is 6.88. The standard InChI is InChI=1S/C13H16BrCl/c14-12-6-2-1-4-10(12)5-3-7-13(15)11-8-9-11/h1-2,4,6,11,13H,3,5,7-9H2. The molecule has 1 unspecified atom stereocenters. The van der Waals surface area contributed by atoms with Crippen molar-refractivity contribution in [3.05, 3.63) is 34.3 Å². The summed E-state index contributed by atoms with van der Waals surface area (Å²) < 4.78 is 1.22. The molecule has 1 saturated carbocycles. The van der Waals surface area contributed by atoms with Crippen LogP contribution in [0.2, 0.25) is 0 Å². The third kappa shape index (κ3) is 3.49. The van der Waals surface area contributed by atoms with Gasteiger partial charge in [0.05, 0.1) is 0 Å². The number of alkyl halides is 1. The zero-order valence-electron chi connectivity index (χ0n) is 8.76. The molecule has 0 aliphatic heterocycles. The van der Waals surface area contributed by atoms with Crippen molar-refractivity contribution in [2.75, 3.05) is 0 Å². The summed E-state index contributed by atoms with van der Waals surface area (Å²) in [4.78, 5) is 0. The summed E-state index contributed by atoms with van der Waals surface area (Å²) in [6, 6.07) is 8.44. The third-order valence-electron chi connectivity index (χ3n) is 3.02. The average Bonchev–Trinajstić information content (AvgIpc) is 3.04. The van der Waals surface area contributed by atoms with Gasteiger partial charge in [-0.2, -0.15) is 0 Å². The maximum absolute atomic E-state index is 6.27. The van der Waals surface area contributed by atoms with Gasteiger partial charge in [0.25, 0.3) is 0 Å². The van der Waals surface area contributed by atoms with Gasteiger partial charge in [0.2, 0.25) is 0 Å². The van der Waals surface area contributed by atoms with Crippen LogP contribution in [-0.2, 0) is 6.42 Å². The number of benzene rings is 1.